The molecule has 204 valence electrons. The van der Waals surface area contributed by atoms with Gasteiger partial charge in [-0.3, -0.25) is 9.59 Å². The van der Waals surface area contributed by atoms with Crippen molar-refractivity contribution in [2.45, 2.75) is 26.3 Å². The first-order valence-corrected chi connectivity index (χ1v) is 12.3. The first kappa shape index (κ1) is 28.6. The molecule has 0 aliphatic heterocycles. The largest absolute Gasteiger partial charge is 0.573 e. The van der Waals surface area contributed by atoms with Crippen molar-refractivity contribution < 1.29 is 41.7 Å². The molecule has 3 aromatic rings. The van der Waals surface area contributed by atoms with Gasteiger partial charge in [0.05, 0.1) is 20.3 Å². The third-order valence-electron chi connectivity index (χ3n) is 4.88. The number of hydrogen-bond donors (Lipinski definition) is 2. The Bertz CT molecular complexity index is 1220. The molecule has 0 bridgehead atoms. The second-order valence-electron chi connectivity index (χ2n) is 7.64. The van der Waals surface area contributed by atoms with E-state index in [0.717, 1.165) is 17.7 Å². The number of halogens is 3. The highest BCUT2D eigenvalue weighted by atomic mass is 32.1. The highest BCUT2D eigenvalue weighted by molar-refractivity contribution is 7.09. The van der Waals surface area contributed by atoms with Crippen LogP contribution in [0.25, 0.3) is 0 Å². The maximum atomic E-state index is 12.4. The number of carbonyl (C=O) groups is 2. The normalized spacial score (nSPS) is 11.0. The summed E-state index contributed by atoms with van der Waals surface area (Å²) in [4.78, 5) is 28.7. The lowest BCUT2D eigenvalue weighted by Crippen LogP contribution is -2.28. The topological polar surface area (TPSA) is 108 Å². The number of carbonyl (C=O) groups excluding carboxylic acids is 2. The predicted molar refractivity (Wildman–Crippen MR) is 133 cm³/mol. The van der Waals surface area contributed by atoms with E-state index in [9.17, 15) is 22.8 Å². The Labute approximate surface area is 220 Å². The number of thiazole rings is 1. The number of benzene rings is 2. The van der Waals surface area contributed by atoms with E-state index < -0.39 is 18.0 Å². The fourth-order valence-electron chi connectivity index (χ4n) is 3.16. The van der Waals surface area contributed by atoms with E-state index in [1.165, 1.54) is 23.5 Å². The molecule has 0 unspecified atom stereocenters. The fraction of sp³-hybridized carbons (Fsp3) is 0.320. The average molecular weight is 554 g/mol. The van der Waals surface area contributed by atoms with Gasteiger partial charge < -0.3 is 29.6 Å². The lowest BCUT2D eigenvalue weighted by atomic mass is 10.1. The van der Waals surface area contributed by atoms with E-state index in [1.54, 1.807) is 12.5 Å². The molecule has 1 aromatic heterocycles. The number of hydrogen-bond acceptors (Lipinski definition) is 8. The SMILES string of the molecule is CCOc1ccc(CCNC(=O)c2csc(CNC(=O)COc3ccc(OC(F)(F)F)cc3)n2)cc1OC. The Hall–Kier alpha value is -4.00. The molecule has 2 amide bonds. The van der Waals surface area contributed by atoms with Gasteiger partial charge in [0.1, 0.15) is 22.2 Å². The highest BCUT2D eigenvalue weighted by Gasteiger charge is 2.31. The Balaban J connectivity index is 1.39. The minimum absolute atomic E-state index is 0.0878. The highest BCUT2D eigenvalue weighted by Crippen LogP contribution is 2.28. The van der Waals surface area contributed by atoms with E-state index in [-0.39, 0.29) is 30.5 Å². The van der Waals surface area contributed by atoms with Crippen LogP contribution in [0.4, 0.5) is 13.2 Å². The maximum absolute atomic E-state index is 12.4. The van der Waals surface area contributed by atoms with E-state index in [4.69, 9.17) is 14.2 Å². The smallest absolute Gasteiger partial charge is 0.493 e. The van der Waals surface area contributed by atoms with Gasteiger partial charge in [0.25, 0.3) is 11.8 Å². The van der Waals surface area contributed by atoms with Crippen LogP contribution in [0.5, 0.6) is 23.0 Å². The van der Waals surface area contributed by atoms with Crippen LogP contribution in [0.1, 0.15) is 28.0 Å². The number of aromatic nitrogens is 1. The molecule has 3 rings (SSSR count). The number of nitrogens with one attached hydrogen (secondary N) is 2. The van der Waals surface area contributed by atoms with E-state index in [1.807, 2.05) is 25.1 Å². The second-order valence-corrected chi connectivity index (χ2v) is 8.58. The van der Waals surface area contributed by atoms with E-state index >= 15 is 0 Å². The molecule has 9 nitrogen and oxygen atoms in total. The third-order valence-corrected chi connectivity index (χ3v) is 5.72. The molecule has 1 heterocycles. The summed E-state index contributed by atoms with van der Waals surface area (Å²) in [6.45, 7) is 2.54. The Morgan fingerprint density at radius 3 is 2.42 bits per heavy atom. The van der Waals surface area contributed by atoms with Crippen LogP contribution in [-0.4, -0.2) is 50.0 Å². The van der Waals surface area contributed by atoms with Crippen LogP contribution < -0.4 is 29.6 Å². The summed E-state index contributed by atoms with van der Waals surface area (Å²) >= 11 is 1.22. The fourth-order valence-corrected chi connectivity index (χ4v) is 3.88. The summed E-state index contributed by atoms with van der Waals surface area (Å²) in [6.07, 6.45) is -4.20. The molecule has 38 heavy (non-hydrogen) atoms. The summed E-state index contributed by atoms with van der Waals surface area (Å²) < 4.78 is 56.5. The maximum Gasteiger partial charge on any atom is 0.573 e. The van der Waals surface area contributed by atoms with Gasteiger partial charge in [-0.25, -0.2) is 4.98 Å². The number of methoxy groups -OCH3 is 1. The summed E-state index contributed by atoms with van der Waals surface area (Å²) in [5.41, 5.74) is 1.21. The van der Waals surface area contributed by atoms with Crippen LogP contribution in [0.2, 0.25) is 0 Å². The number of amides is 2. The molecule has 0 spiro atoms. The standard InChI is InChI=1S/C25H26F3N3O6S/c1-3-35-20-9-4-16(12-21(20)34-2)10-11-29-24(33)19-15-38-23(31-19)13-30-22(32)14-36-17-5-7-18(8-6-17)37-25(26,27)28/h4-9,12,15H,3,10-11,13-14H2,1-2H3,(H,29,33)(H,30,32). The molecule has 2 aromatic carbocycles. The van der Waals surface area contributed by atoms with Crippen molar-refractivity contribution in [2.75, 3.05) is 26.9 Å². The van der Waals surface area contributed by atoms with Gasteiger partial charge in [-0.1, -0.05) is 6.07 Å². The van der Waals surface area contributed by atoms with Crippen molar-refractivity contribution >= 4 is 23.2 Å². The minimum atomic E-state index is -4.79. The van der Waals surface area contributed by atoms with Crippen molar-refractivity contribution in [3.8, 4) is 23.0 Å². The van der Waals surface area contributed by atoms with Gasteiger partial charge in [0.2, 0.25) is 0 Å². The second kappa shape index (κ2) is 13.5. The van der Waals surface area contributed by atoms with Crippen LogP contribution in [0, 0.1) is 0 Å². The molecule has 0 atom stereocenters. The summed E-state index contributed by atoms with van der Waals surface area (Å²) in [5.74, 6) is 0.289. The van der Waals surface area contributed by atoms with Crippen LogP contribution in [0.15, 0.2) is 47.8 Å². The predicted octanol–water partition coefficient (Wildman–Crippen LogP) is 4.12. The van der Waals surface area contributed by atoms with E-state index in [2.05, 4.69) is 20.4 Å². The van der Waals surface area contributed by atoms with E-state index in [0.29, 0.717) is 36.1 Å². The number of ether oxygens (including phenoxy) is 4. The number of nitrogens with zero attached hydrogens (tertiary/aromatic N) is 1. The lowest BCUT2D eigenvalue weighted by Gasteiger charge is -2.11. The van der Waals surface area contributed by atoms with Crippen molar-refractivity contribution in [3.05, 3.63) is 64.1 Å². The van der Waals surface area contributed by atoms with Crippen molar-refractivity contribution in [3.63, 3.8) is 0 Å². The summed E-state index contributed by atoms with van der Waals surface area (Å²) in [6, 6.07) is 10.3. The third kappa shape index (κ3) is 9.14. The van der Waals surface area contributed by atoms with Gasteiger partial charge in [0, 0.05) is 11.9 Å². The van der Waals surface area contributed by atoms with Crippen molar-refractivity contribution in [2.24, 2.45) is 0 Å². The zero-order valence-corrected chi connectivity index (χ0v) is 21.4. The van der Waals surface area contributed by atoms with Gasteiger partial charge in [0.15, 0.2) is 18.1 Å². The van der Waals surface area contributed by atoms with Crippen LogP contribution in [0.3, 0.4) is 0 Å². The summed E-state index contributed by atoms with van der Waals surface area (Å²) in [7, 11) is 1.57. The monoisotopic (exact) mass is 553 g/mol. The quantitative estimate of drug-likeness (QED) is 0.328. The van der Waals surface area contributed by atoms with Crippen LogP contribution in [-0.2, 0) is 17.8 Å². The summed E-state index contributed by atoms with van der Waals surface area (Å²) in [5, 5.41) is 7.54. The zero-order chi connectivity index (χ0) is 27.5. The average Bonchev–Trinajstić information content (AvgIpc) is 3.36. The first-order chi connectivity index (χ1) is 18.2. The molecule has 0 saturated heterocycles. The Morgan fingerprint density at radius 2 is 1.74 bits per heavy atom. The van der Waals surface area contributed by atoms with Gasteiger partial charge in [-0.2, -0.15) is 0 Å². The molecule has 0 saturated carbocycles. The lowest BCUT2D eigenvalue weighted by molar-refractivity contribution is -0.274. The zero-order valence-electron chi connectivity index (χ0n) is 20.6. The molecule has 0 radical (unpaired) electrons. The Morgan fingerprint density at radius 1 is 1.00 bits per heavy atom. The van der Waals surface area contributed by atoms with Gasteiger partial charge >= 0.3 is 6.36 Å². The molecule has 2 N–H and O–H groups in total. The van der Waals surface area contributed by atoms with Crippen LogP contribution >= 0.6 is 11.3 Å². The molecule has 0 aliphatic rings. The first-order valence-electron chi connectivity index (χ1n) is 11.4. The molecule has 0 aliphatic carbocycles. The molecule has 0 fully saturated rings. The minimum Gasteiger partial charge on any atom is -0.493 e. The number of rotatable bonds is 13. The number of alkyl halides is 3. The van der Waals surface area contributed by atoms with Crippen molar-refractivity contribution in [1.82, 2.24) is 15.6 Å². The van der Waals surface area contributed by atoms with Gasteiger partial charge in [-0.15, -0.1) is 24.5 Å². The Kier molecular flexibility index (Phi) is 10.2. The van der Waals surface area contributed by atoms with Gasteiger partial charge in [-0.05, 0) is 55.3 Å². The molecular formula is C25H26F3N3O6S. The molecule has 13 heteroatoms. The molecular weight excluding hydrogens is 527 g/mol. The van der Waals surface area contributed by atoms with Crippen molar-refractivity contribution in [1.29, 1.82) is 0 Å².